The van der Waals surface area contributed by atoms with Crippen LogP contribution in [-0.2, 0) is 16.1 Å². The smallest absolute Gasteiger partial charge is 0.307 e. The lowest BCUT2D eigenvalue weighted by atomic mass is 10.2. The second-order valence-electron chi connectivity index (χ2n) is 4.73. The highest BCUT2D eigenvalue weighted by Gasteiger charge is 2.49. The van der Waals surface area contributed by atoms with Gasteiger partial charge in [0, 0.05) is 13.6 Å². The minimum absolute atomic E-state index is 0.0332. The summed E-state index contributed by atoms with van der Waals surface area (Å²) in [5.41, 5.74) is 0.616. The number of hydrogen-bond donors (Lipinski definition) is 1. The molecule has 0 saturated heterocycles. The summed E-state index contributed by atoms with van der Waals surface area (Å²) >= 11 is 5.57. The maximum absolute atomic E-state index is 13.3. The fourth-order valence-corrected chi connectivity index (χ4v) is 2.13. The van der Waals surface area contributed by atoms with Crippen LogP contribution < -0.4 is 0 Å². The highest BCUT2D eigenvalue weighted by Crippen LogP contribution is 2.40. The number of benzene rings is 1. The normalized spacial score (nSPS) is 21.0. The predicted molar refractivity (Wildman–Crippen MR) is 67.1 cm³/mol. The molecule has 4 nitrogen and oxygen atoms in total. The van der Waals surface area contributed by atoms with Crippen molar-refractivity contribution < 1.29 is 19.1 Å². The second kappa shape index (κ2) is 5.17. The van der Waals surface area contributed by atoms with Crippen LogP contribution >= 0.6 is 11.6 Å². The molecular formula is C13H13ClFNO3. The Bertz CT molecular complexity index is 535. The first kappa shape index (κ1) is 13.8. The van der Waals surface area contributed by atoms with Crippen molar-refractivity contribution in [2.45, 2.75) is 13.0 Å². The highest BCUT2D eigenvalue weighted by atomic mass is 35.5. The first-order valence-electron chi connectivity index (χ1n) is 5.82. The van der Waals surface area contributed by atoms with Gasteiger partial charge in [0.15, 0.2) is 0 Å². The average Bonchev–Trinajstić information content (AvgIpc) is 3.13. The molecule has 1 aliphatic carbocycles. The van der Waals surface area contributed by atoms with Gasteiger partial charge < -0.3 is 10.0 Å². The second-order valence-corrected chi connectivity index (χ2v) is 5.14. The molecule has 0 aliphatic heterocycles. The summed E-state index contributed by atoms with van der Waals surface area (Å²) in [7, 11) is 1.58. The lowest BCUT2D eigenvalue weighted by molar-refractivity contribution is -0.141. The van der Waals surface area contributed by atoms with Crippen molar-refractivity contribution in [2.24, 2.45) is 11.8 Å². The summed E-state index contributed by atoms with van der Waals surface area (Å²) in [5.74, 6) is -2.71. The number of carbonyl (C=O) groups is 2. The number of rotatable bonds is 4. The Balaban J connectivity index is 1.97. The molecule has 0 aromatic heterocycles. The minimum Gasteiger partial charge on any atom is -0.481 e. The fourth-order valence-electron chi connectivity index (χ4n) is 2.01. The van der Waals surface area contributed by atoms with Crippen LogP contribution in [0, 0.1) is 17.7 Å². The topological polar surface area (TPSA) is 57.6 Å². The number of hydrogen-bond acceptors (Lipinski definition) is 2. The van der Waals surface area contributed by atoms with Crippen molar-refractivity contribution >= 4 is 23.5 Å². The Morgan fingerprint density at radius 2 is 2.16 bits per heavy atom. The van der Waals surface area contributed by atoms with E-state index in [0.717, 1.165) is 0 Å². The zero-order chi connectivity index (χ0) is 14.2. The predicted octanol–water partition coefficient (Wildman–Crippen LogP) is 2.16. The van der Waals surface area contributed by atoms with Gasteiger partial charge in [0.2, 0.25) is 5.91 Å². The molecule has 1 saturated carbocycles. The van der Waals surface area contributed by atoms with Crippen LogP contribution in [0.25, 0.3) is 0 Å². The van der Waals surface area contributed by atoms with Crippen LogP contribution in [0.5, 0.6) is 0 Å². The molecule has 0 spiro atoms. The molecule has 1 aliphatic rings. The Morgan fingerprint density at radius 1 is 1.47 bits per heavy atom. The molecule has 19 heavy (non-hydrogen) atoms. The van der Waals surface area contributed by atoms with Gasteiger partial charge in [-0.2, -0.15) is 0 Å². The first-order valence-corrected chi connectivity index (χ1v) is 6.19. The quantitative estimate of drug-likeness (QED) is 0.922. The zero-order valence-electron chi connectivity index (χ0n) is 10.3. The van der Waals surface area contributed by atoms with Crippen molar-refractivity contribution in [1.29, 1.82) is 0 Å². The van der Waals surface area contributed by atoms with Crippen LogP contribution in [0.4, 0.5) is 4.39 Å². The number of aliphatic carboxylic acids is 1. The van der Waals surface area contributed by atoms with Gasteiger partial charge in [-0.25, -0.2) is 4.39 Å². The molecule has 2 atom stereocenters. The maximum atomic E-state index is 13.3. The molecule has 1 aromatic carbocycles. The minimum atomic E-state index is -0.940. The molecule has 0 heterocycles. The molecule has 2 rings (SSSR count). The van der Waals surface area contributed by atoms with Crippen LogP contribution in [0.2, 0.25) is 5.02 Å². The number of amides is 1. The maximum Gasteiger partial charge on any atom is 0.307 e. The highest BCUT2D eigenvalue weighted by molar-refractivity contribution is 6.30. The average molecular weight is 286 g/mol. The van der Waals surface area contributed by atoms with Crippen molar-refractivity contribution in [3.05, 3.63) is 34.6 Å². The summed E-state index contributed by atoms with van der Waals surface area (Å²) in [6, 6.07) is 4.34. The Hall–Kier alpha value is -1.62. The standard InChI is InChI=1S/C13H13ClFNO3/c1-16(12(17)8-5-9(8)13(18)19)6-7-2-3-10(14)11(15)4-7/h2-4,8-9H,5-6H2,1H3,(H,18,19). The monoisotopic (exact) mass is 285 g/mol. The molecule has 2 unspecified atom stereocenters. The van der Waals surface area contributed by atoms with E-state index in [1.807, 2.05) is 0 Å². The molecule has 0 bridgehead atoms. The van der Waals surface area contributed by atoms with E-state index in [9.17, 15) is 14.0 Å². The van der Waals surface area contributed by atoms with Crippen molar-refractivity contribution in [3.63, 3.8) is 0 Å². The Kier molecular flexibility index (Phi) is 3.75. The summed E-state index contributed by atoms with van der Waals surface area (Å²) in [5, 5.41) is 8.81. The Morgan fingerprint density at radius 3 is 2.68 bits per heavy atom. The van der Waals surface area contributed by atoms with E-state index in [4.69, 9.17) is 16.7 Å². The van der Waals surface area contributed by atoms with Gasteiger partial charge in [0.05, 0.1) is 16.9 Å². The number of carboxylic acid groups (broad SMARTS) is 1. The zero-order valence-corrected chi connectivity index (χ0v) is 11.0. The van der Waals surface area contributed by atoms with E-state index in [1.165, 1.54) is 17.0 Å². The van der Waals surface area contributed by atoms with Crippen molar-refractivity contribution in [2.75, 3.05) is 7.05 Å². The third kappa shape index (κ3) is 3.04. The number of halogens is 2. The van der Waals surface area contributed by atoms with E-state index in [2.05, 4.69) is 0 Å². The van der Waals surface area contributed by atoms with E-state index in [1.54, 1.807) is 13.1 Å². The molecule has 0 radical (unpaired) electrons. The molecule has 1 amide bonds. The molecule has 6 heteroatoms. The number of nitrogens with zero attached hydrogens (tertiary/aromatic N) is 1. The SMILES string of the molecule is CN(Cc1ccc(Cl)c(F)c1)C(=O)C1CC1C(=O)O. The third-order valence-corrected chi connectivity index (χ3v) is 3.51. The van der Waals surface area contributed by atoms with E-state index in [-0.39, 0.29) is 17.5 Å². The lowest BCUT2D eigenvalue weighted by Gasteiger charge is -2.17. The van der Waals surface area contributed by atoms with Gasteiger partial charge in [-0.3, -0.25) is 9.59 Å². The van der Waals surface area contributed by atoms with E-state index >= 15 is 0 Å². The fraction of sp³-hybridized carbons (Fsp3) is 0.385. The summed E-state index contributed by atoms with van der Waals surface area (Å²) < 4.78 is 13.3. The number of carbonyl (C=O) groups excluding carboxylic acids is 1. The van der Waals surface area contributed by atoms with E-state index < -0.39 is 23.6 Å². The van der Waals surface area contributed by atoms with Gasteiger partial charge in [-0.1, -0.05) is 17.7 Å². The van der Waals surface area contributed by atoms with Crippen molar-refractivity contribution in [1.82, 2.24) is 4.90 Å². The van der Waals surface area contributed by atoms with Gasteiger partial charge in [0.1, 0.15) is 5.82 Å². The summed E-state index contributed by atoms with van der Waals surface area (Å²) in [4.78, 5) is 24.0. The van der Waals surface area contributed by atoms with Gasteiger partial charge in [0.25, 0.3) is 0 Å². The molecule has 1 aromatic rings. The van der Waals surface area contributed by atoms with Gasteiger partial charge in [-0.05, 0) is 24.1 Å². The van der Waals surface area contributed by atoms with Gasteiger partial charge >= 0.3 is 5.97 Å². The van der Waals surface area contributed by atoms with Crippen LogP contribution in [0.15, 0.2) is 18.2 Å². The van der Waals surface area contributed by atoms with Crippen LogP contribution in [-0.4, -0.2) is 28.9 Å². The summed E-state index contributed by atoms with van der Waals surface area (Å²) in [6.45, 7) is 0.232. The number of carboxylic acids is 1. The van der Waals surface area contributed by atoms with Crippen LogP contribution in [0.1, 0.15) is 12.0 Å². The van der Waals surface area contributed by atoms with Gasteiger partial charge in [-0.15, -0.1) is 0 Å². The molecule has 1 N–H and O–H groups in total. The largest absolute Gasteiger partial charge is 0.481 e. The Labute approximate surface area is 114 Å². The van der Waals surface area contributed by atoms with Crippen molar-refractivity contribution in [3.8, 4) is 0 Å². The molecular weight excluding hydrogens is 273 g/mol. The lowest BCUT2D eigenvalue weighted by Crippen LogP contribution is -2.28. The van der Waals surface area contributed by atoms with E-state index in [0.29, 0.717) is 12.0 Å². The first-order chi connectivity index (χ1) is 8.90. The molecule has 102 valence electrons. The van der Waals surface area contributed by atoms with Crippen LogP contribution in [0.3, 0.4) is 0 Å². The molecule has 1 fully saturated rings. The third-order valence-electron chi connectivity index (χ3n) is 3.20. The summed E-state index contributed by atoms with van der Waals surface area (Å²) in [6.07, 6.45) is 0.382.